The summed E-state index contributed by atoms with van der Waals surface area (Å²) >= 11 is 0. The van der Waals surface area contributed by atoms with Gasteiger partial charge in [0.15, 0.2) is 21.6 Å². The predicted molar refractivity (Wildman–Crippen MR) is 108 cm³/mol. The summed E-state index contributed by atoms with van der Waals surface area (Å²) in [6, 6.07) is 0. The van der Waals surface area contributed by atoms with Crippen LogP contribution in [0.15, 0.2) is 0 Å². The molecule has 206 valence electrons. The van der Waals surface area contributed by atoms with Crippen LogP contribution < -0.4 is 5.32 Å². The highest BCUT2D eigenvalue weighted by Gasteiger charge is 2.65. The van der Waals surface area contributed by atoms with Gasteiger partial charge in [-0.25, -0.2) is 16.8 Å². The van der Waals surface area contributed by atoms with Crippen molar-refractivity contribution in [3.63, 3.8) is 0 Å². The number of morpholine rings is 1. The predicted octanol–water partition coefficient (Wildman–Crippen LogP) is -0.551. The molecule has 4 rings (SSSR count). The lowest BCUT2D eigenvalue weighted by Crippen LogP contribution is -2.87. The van der Waals surface area contributed by atoms with Gasteiger partial charge in [-0.3, -0.25) is 4.18 Å². The van der Waals surface area contributed by atoms with Gasteiger partial charge in [0.25, 0.3) is 0 Å². The molecule has 4 aliphatic heterocycles. The standard InChI is InChI=1S/C13H19F3NO10S2.C4H9NO/c1-10(2)24-7-5-22-12(9(8(7)25-10)26-11(3,4)27-12)6-23-29(20,21)17-28(18,19)13(14,15)16;1-3-6-4-2-5-1/h7-9H,5-6H2,1-4H3;5H,1-4H2/q-1;/p+1/t7-,8?,9+,12+;/m1./s1. The van der Waals surface area contributed by atoms with Crippen LogP contribution in [0.2, 0.25) is 0 Å². The minimum Gasteiger partial charge on any atom is -0.404 e. The molecule has 0 amide bonds. The maximum Gasteiger partial charge on any atom is 0.480 e. The van der Waals surface area contributed by atoms with E-state index in [0.717, 1.165) is 26.3 Å². The smallest absolute Gasteiger partial charge is 0.404 e. The van der Waals surface area contributed by atoms with Gasteiger partial charge in [-0.05, 0) is 27.7 Å². The average Bonchev–Trinajstić information content (AvgIpc) is 3.18. The van der Waals surface area contributed by atoms with E-state index in [0.29, 0.717) is 0 Å². The fraction of sp³-hybridized carbons (Fsp3) is 1.00. The SMILES string of the molecule is C1COCC[NH2+]1.CC1(C)OC2[C@@H](CO[C@@]3(COS(=O)(=O)[N-]S(=O)(=O)C(F)(F)F)OC(C)(C)O[C@@H]23)O1. The van der Waals surface area contributed by atoms with Crippen LogP contribution in [0.25, 0.3) is 4.13 Å². The summed E-state index contributed by atoms with van der Waals surface area (Å²) in [6.07, 6.45) is -2.46. The molecule has 0 bridgehead atoms. The van der Waals surface area contributed by atoms with Gasteiger partial charge >= 0.3 is 5.51 Å². The number of nitrogens with zero attached hydrogens (tertiary/aromatic N) is 1. The summed E-state index contributed by atoms with van der Waals surface area (Å²) < 4.78 is 122. The van der Waals surface area contributed by atoms with E-state index < -0.39 is 68.1 Å². The third-order valence-corrected chi connectivity index (χ3v) is 7.61. The van der Waals surface area contributed by atoms with Gasteiger partial charge in [-0.15, -0.1) is 0 Å². The normalized spacial score (nSPS) is 34.4. The van der Waals surface area contributed by atoms with Crippen molar-refractivity contribution in [1.29, 1.82) is 0 Å². The lowest BCUT2D eigenvalue weighted by molar-refractivity contribution is -0.670. The van der Waals surface area contributed by atoms with Crippen molar-refractivity contribution >= 4 is 20.3 Å². The number of halogens is 3. The Balaban J connectivity index is 0.000000497. The van der Waals surface area contributed by atoms with Crippen LogP contribution in [0, 0.1) is 0 Å². The van der Waals surface area contributed by atoms with Crippen molar-refractivity contribution < 1.29 is 67.9 Å². The Bertz CT molecular complexity index is 959. The van der Waals surface area contributed by atoms with Crippen molar-refractivity contribution in [2.45, 2.75) is 68.9 Å². The second-order valence-corrected chi connectivity index (χ2v) is 12.1. The van der Waals surface area contributed by atoms with Crippen LogP contribution in [0.3, 0.4) is 0 Å². The highest BCUT2D eigenvalue weighted by atomic mass is 32.3. The first-order chi connectivity index (χ1) is 15.9. The summed E-state index contributed by atoms with van der Waals surface area (Å²) in [7, 11) is -11.8. The zero-order chi connectivity index (χ0) is 26.3. The number of quaternary nitrogens is 1. The maximum absolute atomic E-state index is 12.4. The lowest BCUT2D eigenvalue weighted by Gasteiger charge is -2.40. The van der Waals surface area contributed by atoms with Crippen LogP contribution in [0.5, 0.6) is 0 Å². The fourth-order valence-corrected chi connectivity index (χ4v) is 5.65. The number of sulfonamides is 1. The number of hydrogen-bond acceptors (Lipinski definition) is 11. The summed E-state index contributed by atoms with van der Waals surface area (Å²) in [5.41, 5.74) is -5.91. The van der Waals surface area contributed by atoms with Crippen LogP contribution >= 0.6 is 0 Å². The summed E-state index contributed by atoms with van der Waals surface area (Å²) in [4.78, 5) is 0. The van der Waals surface area contributed by atoms with Crippen LogP contribution in [0.4, 0.5) is 13.2 Å². The molecule has 18 heteroatoms. The minimum absolute atomic E-state index is 0.133. The fourth-order valence-electron chi connectivity index (χ4n) is 3.87. The van der Waals surface area contributed by atoms with E-state index in [2.05, 4.69) is 9.50 Å². The molecule has 35 heavy (non-hydrogen) atoms. The quantitative estimate of drug-likeness (QED) is 0.460. The monoisotopic (exact) mass is 558 g/mol. The first kappa shape index (κ1) is 28.9. The van der Waals surface area contributed by atoms with E-state index in [1.54, 1.807) is 13.8 Å². The Morgan fingerprint density at radius 1 is 1.00 bits per heavy atom. The molecule has 1 unspecified atom stereocenters. The molecule has 0 aliphatic carbocycles. The summed E-state index contributed by atoms with van der Waals surface area (Å²) in [5.74, 6) is -4.23. The van der Waals surface area contributed by atoms with Crippen molar-refractivity contribution in [2.24, 2.45) is 0 Å². The Morgan fingerprint density at radius 3 is 2.14 bits per heavy atom. The minimum atomic E-state index is -6.33. The molecular formula is C17H29F3N2O11S2. The Kier molecular flexibility index (Phi) is 8.17. The van der Waals surface area contributed by atoms with E-state index in [-0.39, 0.29) is 6.61 Å². The number of nitrogens with two attached hydrogens (primary N) is 1. The highest BCUT2D eigenvalue weighted by Crippen LogP contribution is 2.47. The molecule has 2 N–H and O–H groups in total. The summed E-state index contributed by atoms with van der Waals surface area (Å²) in [5, 5.41) is 2.27. The number of alkyl halides is 3. The van der Waals surface area contributed by atoms with Gasteiger partial charge in [-0.2, -0.15) is 13.2 Å². The number of ether oxygens (including phenoxy) is 6. The van der Waals surface area contributed by atoms with E-state index in [4.69, 9.17) is 28.4 Å². The van der Waals surface area contributed by atoms with E-state index >= 15 is 0 Å². The molecule has 0 radical (unpaired) electrons. The van der Waals surface area contributed by atoms with Gasteiger partial charge in [0.1, 0.15) is 24.9 Å². The Morgan fingerprint density at radius 2 is 1.63 bits per heavy atom. The third kappa shape index (κ3) is 7.01. The van der Waals surface area contributed by atoms with Crippen molar-refractivity contribution in [1.82, 2.24) is 0 Å². The lowest BCUT2D eigenvalue weighted by atomic mass is 9.98. The van der Waals surface area contributed by atoms with Crippen molar-refractivity contribution in [2.75, 3.05) is 39.5 Å². The first-order valence-electron chi connectivity index (χ1n) is 10.6. The summed E-state index contributed by atoms with van der Waals surface area (Å²) in [6.45, 7) is 9.27. The zero-order valence-corrected chi connectivity index (χ0v) is 21.1. The molecule has 4 fully saturated rings. The second-order valence-electron chi connectivity index (χ2n) is 8.97. The maximum atomic E-state index is 12.4. The van der Waals surface area contributed by atoms with Gasteiger partial charge in [-0.1, -0.05) is 0 Å². The molecule has 4 heterocycles. The van der Waals surface area contributed by atoms with E-state index in [1.165, 1.54) is 13.8 Å². The number of hydrogen-bond donors (Lipinski definition) is 1. The average molecular weight is 559 g/mol. The van der Waals surface area contributed by atoms with Crippen LogP contribution in [0.1, 0.15) is 27.7 Å². The second kappa shape index (κ2) is 9.90. The molecule has 0 saturated carbocycles. The number of fused-ring (bicyclic) bond motifs is 3. The highest BCUT2D eigenvalue weighted by molar-refractivity contribution is 8.10. The first-order valence-corrected chi connectivity index (χ1v) is 13.4. The topological polar surface area (TPSA) is 164 Å². The van der Waals surface area contributed by atoms with Crippen LogP contribution in [-0.2, 0) is 52.9 Å². The zero-order valence-electron chi connectivity index (χ0n) is 19.4. The van der Waals surface area contributed by atoms with E-state index in [1.807, 2.05) is 4.13 Å². The largest absolute Gasteiger partial charge is 0.480 e. The molecule has 4 aliphatic rings. The van der Waals surface area contributed by atoms with Crippen molar-refractivity contribution in [3.8, 4) is 0 Å². The molecular weight excluding hydrogens is 529 g/mol. The van der Waals surface area contributed by atoms with Gasteiger partial charge < -0.3 is 37.9 Å². The third-order valence-electron chi connectivity index (χ3n) is 5.10. The molecule has 4 saturated heterocycles. The van der Waals surface area contributed by atoms with Gasteiger partial charge in [0.05, 0.1) is 32.9 Å². The molecule has 0 aromatic rings. The number of rotatable bonds is 5. The molecule has 0 aromatic carbocycles. The van der Waals surface area contributed by atoms with E-state index in [9.17, 15) is 30.0 Å². The van der Waals surface area contributed by atoms with Gasteiger partial charge in [0.2, 0.25) is 16.1 Å². The van der Waals surface area contributed by atoms with Crippen molar-refractivity contribution in [3.05, 3.63) is 4.13 Å². The molecule has 0 spiro atoms. The molecule has 4 atom stereocenters. The van der Waals surface area contributed by atoms with Gasteiger partial charge in [0, 0.05) is 0 Å². The Hall–Kier alpha value is -0.670. The molecule has 13 nitrogen and oxygen atoms in total. The van der Waals surface area contributed by atoms with Crippen LogP contribution in [-0.4, -0.2) is 97.5 Å². The molecule has 0 aromatic heterocycles. The Labute approximate surface area is 201 Å².